The van der Waals surface area contributed by atoms with Gasteiger partial charge in [0.2, 0.25) is 29.5 Å². The Kier molecular flexibility index (Phi) is 32.8. The fourth-order valence-electron chi connectivity index (χ4n) is 8.14. The monoisotopic (exact) mass is 1210 g/mol. The molecule has 0 unspecified atom stereocenters. The highest BCUT2D eigenvalue weighted by Gasteiger charge is 2.35. The van der Waals surface area contributed by atoms with Crippen molar-refractivity contribution in [2.24, 2.45) is 33.0 Å². The van der Waals surface area contributed by atoms with Gasteiger partial charge in [-0.05, 0) is 25.8 Å². The van der Waals surface area contributed by atoms with Crippen molar-refractivity contribution in [3.8, 4) is 0 Å². The second kappa shape index (κ2) is 34.7. The second-order valence-corrected chi connectivity index (χ2v) is 32.0. The van der Waals surface area contributed by atoms with Gasteiger partial charge in [0, 0.05) is 147 Å². The lowest BCUT2D eigenvalue weighted by molar-refractivity contribution is -0.145. The number of aliphatic hydroxyl groups is 1. The number of piperidine rings is 1. The Hall–Kier alpha value is -4.72. The summed E-state index contributed by atoms with van der Waals surface area (Å²) in [5.41, 5.74) is -0.764. The molecular formula is C66H122N10O8S. The maximum atomic E-state index is 11.8. The fraction of sp³-hybridized carbons (Fsp3) is 0.788. The van der Waals surface area contributed by atoms with Crippen LogP contribution in [0.25, 0.3) is 0 Å². The highest BCUT2D eigenvalue weighted by Crippen LogP contribution is 2.26. The van der Waals surface area contributed by atoms with Gasteiger partial charge in [0.25, 0.3) is 0 Å². The van der Waals surface area contributed by atoms with E-state index in [0.29, 0.717) is 32.2 Å². The topological polar surface area (TPSA) is 202 Å². The Morgan fingerprint density at radius 3 is 1.22 bits per heavy atom. The molecule has 490 valence electrons. The third-order valence-corrected chi connectivity index (χ3v) is 14.4. The summed E-state index contributed by atoms with van der Waals surface area (Å²) in [7, 11) is 5.64. The average Bonchev–Trinajstić information content (AvgIpc) is 4.24. The normalized spacial score (nSPS) is 16.5. The number of nitrogens with zero attached hydrogens (tertiary/aromatic N) is 9. The van der Waals surface area contributed by atoms with Crippen LogP contribution in [-0.4, -0.2) is 190 Å². The molecule has 0 radical (unpaired) electrons. The quantitative estimate of drug-likeness (QED) is 0.216. The zero-order valence-electron chi connectivity index (χ0n) is 58.8. The number of imidazole rings is 1. The van der Waals surface area contributed by atoms with Gasteiger partial charge in [-0.1, -0.05) is 173 Å². The standard InChI is InChI=1S/C10H20N2O.C10H19NO2.C9H17NO2.C9H17NO.C7H12N2.C7H11NO.C7H15NO.C7H11NS/c1-10(2,3)9(13)12-7-5-11(4)6-8-12;1-10(2,3)9(13)11-6-4-8(12)5-7-11;1-9(2,3)8(11)10-4-6-12-7-5-10;1-7-5-10(6-7)8(11)9(2,3)4;2*1-7(2,3)6-8-4-5-9-6;1-7(2,3)6(9)8(4)5;1-7(2,3)6-8-4-5-9-6/h5-8H2,1-4H3;8,12H,4-7H2,1-3H3;4-7H2,1-3H3;7H,5-6H2,1-4H3;4-5H,1-3H3,(H,8,9);4-5H,1-3H3;1-5H3;4-5H,1-3H3. The number of aliphatic hydroxyl groups excluding tert-OH is 1. The fourth-order valence-corrected chi connectivity index (χ4v) is 8.87. The number of rotatable bonds is 0. The van der Waals surface area contributed by atoms with Crippen LogP contribution in [0.15, 0.2) is 40.8 Å². The minimum atomic E-state index is -0.289. The van der Waals surface area contributed by atoms with Crippen molar-refractivity contribution >= 4 is 40.9 Å². The summed E-state index contributed by atoms with van der Waals surface area (Å²) in [6.45, 7) is 60.5. The van der Waals surface area contributed by atoms with Crippen LogP contribution in [0.3, 0.4) is 0 Å². The van der Waals surface area contributed by atoms with Gasteiger partial charge in [0.15, 0.2) is 5.89 Å². The number of H-pyrrole nitrogens is 1. The van der Waals surface area contributed by atoms with Crippen molar-refractivity contribution < 1.29 is 38.2 Å². The van der Waals surface area contributed by atoms with Crippen molar-refractivity contribution in [2.45, 2.75) is 208 Å². The second-order valence-electron chi connectivity index (χ2n) is 31.2. The van der Waals surface area contributed by atoms with Gasteiger partial charge >= 0.3 is 0 Å². The molecule has 4 saturated heterocycles. The average molecular weight is 1220 g/mol. The van der Waals surface area contributed by atoms with E-state index < -0.39 is 0 Å². The number of carbonyl (C=O) groups excluding carboxylic acids is 5. The molecule has 0 bridgehead atoms. The first kappa shape index (κ1) is 80.3. The Morgan fingerprint density at radius 2 is 0.965 bits per heavy atom. The van der Waals surface area contributed by atoms with Gasteiger partial charge < -0.3 is 48.6 Å². The van der Waals surface area contributed by atoms with Crippen molar-refractivity contribution in [2.75, 3.05) is 99.8 Å². The van der Waals surface area contributed by atoms with Crippen LogP contribution in [0.2, 0.25) is 0 Å². The number of hydrogen-bond donors (Lipinski definition) is 2. The number of amides is 5. The summed E-state index contributed by atoms with van der Waals surface area (Å²) in [6, 6.07) is 0. The number of hydrogen-bond acceptors (Lipinski definition) is 13. The van der Waals surface area contributed by atoms with E-state index in [4.69, 9.17) is 9.15 Å². The van der Waals surface area contributed by atoms with Gasteiger partial charge in [-0.3, -0.25) is 24.0 Å². The van der Waals surface area contributed by atoms with Crippen LogP contribution in [0.4, 0.5) is 0 Å². The molecule has 7 rings (SSSR count). The van der Waals surface area contributed by atoms with Crippen LogP contribution in [0.5, 0.6) is 0 Å². The van der Waals surface area contributed by atoms with E-state index in [1.54, 1.807) is 49.0 Å². The molecule has 18 nitrogen and oxygen atoms in total. The maximum absolute atomic E-state index is 11.8. The van der Waals surface area contributed by atoms with Crippen LogP contribution >= 0.6 is 11.3 Å². The smallest absolute Gasteiger partial charge is 0.228 e. The lowest BCUT2D eigenvalue weighted by Crippen LogP contribution is -2.52. The molecule has 0 aliphatic carbocycles. The van der Waals surface area contributed by atoms with Crippen molar-refractivity contribution in [1.82, 2.24) is 49.3 Å². The van der Waals surface area contributed by atoms with Crippen molar-refractivity contribution in [3.05, 3.63) is 53.2 Å². The van der Waals surface area contributed by atoms with E-state index in [2.05, 4.69) is 101 Å². The third kappa shape index (κ3) is 32.7. The number of morpholine rings is 1. The Balaban J connectivity index is 0.000000953. The number of nitrogens with one attached hydrogen (secondary N) is 1. The molecule has 0 atom stereocenters. The first-order chi connectivity index (χ1) is 38.4. The zero-order chi connectivity index (χ0) is 66.3. The first-order valence-corrected chi connectivity index (χ1v) is 31.4. The van der Waals surface area contributed by atoms with E-state index >= 15 is 0 Å². The van der Waals surface area contributed by atoms with E-state index in [1.807, 2.05) is 141 Å². The van der Waals surface area contributed by atoms with Crippen LogP contribution in [0, 0.1) is 33.0 Å². The van der Waals surface area contributed by atoms with Gasteiger partial charge in [-0.2, -0.15) is 0 Å². The highest BCUT2D eigenvalue weighted by molar-refractivity contribution is 7.09. The number of carbonyl (C=O) groups is 5. The van der Waals surface area contributed by atoms with Crippen LogP contribution in [-0.2, 0) is 45.0 Å². The Labute approximate surface area is 520 Å². The maximum Gasteiger partial charge on any atom is 0.228 e. The Morgan fingerprint density at radius 1 is 0.541 bits per heavy atom. The SMILES string of the molecule is CC(C)(C)C(=O)N1CCC(O)CC1.CC(C)(C)C(=O)N1CCOCC1.CC(C)(C)c1ncc[nH]1.CC(C)(C)c1ncco1.CC(C)(C)c1nccs1.CC1CN(C(=O)C(C)(C)C)C1.CN(C)C(=O)C(C)(C)C.CN1CCN(C(=O)C(C)(C)C)CC1. The summed E-state index contributed by atoms with van der Waals surface area (Å²) in [5.74, 6) is 3.70. The van der Waals surface area contributed by atoms with Crippen molar-refractivity contribution in [3.63, 3.8) is 0 Å². The number of ether oxygens (including phenoxy) is 1. The molecule has 7 heterocycles. The summed E-state index contributed by atoms with van der Waals surface area (Å²) >= 11 is 1.72. The molecule has 5 amide bonds. The number of aromatic amines is 1. The summed E-state index contributed by atoms with van der Waals surface area (Å²) in [5, 5.41) is 12.5. The number of aromatic nitrogens is 4. The molecule has 4 aliphatic heterocycles. The molecule has 3 aromatic heterocycles. The van der Waals surface area contributed by atoms with Crippen LogP contribution < -0.4 is 0 Å². The largest absolute Gasteiger partial charge is 0.448 e. The molecule has 0 spiro atoms. The third-order valence-electron chi connectivity index (χ3n) is 13.2. The number of thiazole rings is 1. The highest BCUT2D eigenvalue weighted by atomic mass is 32.1. The van der Waals surface area contributed by atoms with Gasteiger partial charge in [0.05, 0.1) is 30.5 Å². The van der Waals surface area contributed by atoms with Gasteiger partial charge in [0.1, 0.15) is 12.1 Å². The molecule has 4 aliphatic rings. The molecule has 2 N–H and O–H groups in total. The zero-order valence-corrected chi connectivity index (χ0v) is 59.6. The van der Waals surface area contributed by atoms with E-state index in [1.165, 1.54) is 5.01 Å². The number of piperazine rings is 1. The molecule has 4 fully saturated rings. The van der Waals surface area contributed by atoms with E-state index in [0.717, 1.165) is 76.9 Å². The van der Waals surface area contributed by atoms with Gasteiger partial charge in [-0.15, -0.1) is 11.3 Å². The molecule has 85 heavy (non-hydrogen) atoms. The Bertz CT molecular complexity index is 2170. The number of likely N-dealkylation sites (tertiary alicyclic amines) is 2. The predicted octanol–water partition coefficient (Wildman–Crippen LogP) is 11.5. The molecule has 3 aromatic rings. The minimum Gasteiger partial charge on any atom is -0.448 e. The summed E-state index contributed by atoms with van der Waals surface area (Å²) in [6.07, 6.45) is 9.99. The summed E-state index contributed by atoms with van der Waals surface area (Å²) < 4.78 is 10.3. The van der Waals surface area contributed by atoms with E-state index in [9.17, 15) is 29.1 Å². The first-order valence-electron chi connectivity index (χ1n) is 30.6. The lowest BCUT2D eigenvalue weighted by atomic mass is 9.91. The molecular weight excluding hydrogens is 1090 g/mol. The number of likely N-dealkylation sites (N-methyl/N-ethyl adjacent to an activating group) is 1. The van der Waals surface area contributed by atoms with E-state index in [-0.39, 0.29) is 79.0 Å². The molecule has 19 heteroatoms. The number of oxazole rings is 1. The predicted molar refractivity (Wildman–Crippen MR) is 348 cm³/mol. The lowest BCUT2D eigenvalue weighted by Gasteiger charge is -2.40. The molecule has 0 aromatic carbocycles. The van der Waals surface area contributed by atoms with Gasteiger partial charge in [-0.25, -0.2) is 15.0 Å². The minimum absolute atomic E-state index is 0.0451. The van der Waals surface area contributed by atoms with Crippen LogP contribution in [0.1, 0.15) is 203 Å². The summed E-state index contributed by atoms with van der Waals surface area (Å²) in [4.78, 5) is 84.8. The van der Waals surface area contributed by atoms with Crippen molar-refractivity contribution in [1.29, 1.82) is 0 Å². The molecule has 0 saturated carbocycles.